The molecule has 0 unspecified atom stereocenters. The summed E-state index contributed by atoms with van der Waals surface area (Å²) in [5, 5.41) is 10.6. The van der Waals surface area contributed by atoms with Crippen molar-refractivity contribution in [2.24, 2.45) is 0 Å². The van der Waals surface area contributed by atoms with E-state index < -0.39 is 0 Å². The van der Waals surface area contributed by atoms with Crippen LogP contribution in [0.1, 0.15) is 49.9 Å². The molecule has 0 bridgehead atoms. The van der Waals surface area contributed by atoms with Crippen molar-refractivity contribution in [3.8, 4) is 0 Å². The molecule has 0 saturated heterocycles. The third-order valence-corrected chi connectivity index (χ3v) is 17.8. The van der Waals surface area contributed by atoms with Crippen LogP contribution in [0, 0.1) is 0 Å². The van der Waals surface area contributed by atoms with Crippen LogP contribution in [0.5, 0.6) is 0 Å². The lowest BCUT2D eigenvalue weighted by Gasteiger charge is -2.35. The molecule has 16 rings (SSSR count). The van der Waals surface area contributed by atoms with Gasteiger partial charge in [-0.05, 0) is 157 Å². The van der Waals surface area contributed by atoms with Crippen molar-refractivity contribution < 1.29 is 17.7 Å². The highest BCUT2D eigenvalue weighted by atomic mass is 16.3. The van der Waals surface area contributed by atoms with Crippen LogP contribution in [0.25, 0.3) is 76.5 Å². The lowest BCUT2D eigenvalue weighted by molar-refractivity contribution is 0.602. The Morgan fingerprint density at radius 1 is 0.273 bits per heavy atom. The maximum atomic E-state index is 6.14. The van der Waals surface area contributed by atoms with E-state index in [2.05, 4.69) is 254 Å². The van der Waals surface area contributed by atoms with E-state index in [1.807, 2.05) is 12.4 Å². The minimum Gasteiger partial charge on any atom is -0.464 e. The van der Waals surface area contributed by atoms with Gasteiger partial charge in [0.15, 0.2) is 0 Å². The van der Waals surface area contributed by atoms with Crippen LogP contribution in [0.15, 0.2) is 261 Å². The fourth-order valence-corrected chi connectivity index (χ4v) is 14.0. The molecule has 426 valence electrons. The van der Waals surface area contributed by atoms with Crippen LogP contribution in [0.3, 0.4) is 0 Å². The average molecular weight is 1150 g/mol. The third kappa shape index (κ3) is 8.23. The van der Waals surface area contributed by atoms with Crippen molar-refractivity contribution in [2.45, 2.75) is 53.4 Å². The monoisotopic (exact) mass is 1140 g/mol. The molecule has 0 fully saturated rings. The predicted molar refractivity (Wildman–Crippen MR) is 361 cm³/mol. The van der Waals surface area contributed by atoms with Crippen LogP contribution >= 0.6 is 0 Å². The fraction of sp³-hybridized carbons (Fsp3) is 0.103. The maximum Gasteiger partial charge on any atom is 0.226 e. The van der Waals surface area contributed by atoms with Gasteiger partial charge in [0, 0.05) is 76.6 Å². The number of para-hydroxylation sites is 4. The zero-order valence-electron chi connectivity index (χ0n) is 49.2. The molecule has 10 nitrogen and oxygen atoms in total. The maximum absolute atomic E-state index is 6.14. The van der Waals surface area contributed by atoms with Crippen molar-refractivity contribution >= 4 is 145 Å². The van der Waals surface area contributed by atoms with Crippen LogP contribution in [0.2, 0.25) is 0 Å². The first-order chi connectivity index (χ1) is 43.5. The highest BCUT2D eigenvalue weighted by molar-refractivity contribution is 6.33. The quantitative estimate of drug-likeness (QED) is 0.0871. The number of aromatic nitrogens is 2. The first-order valence-electron chi connectivity index (χ1n) is 30.4. The van der Waals surface area contributed by atoms with Gasteiger partial charge >= 0.3 is 0 Å². The zero-order valence-corrected chi connectivity index (χ0v) is 49.2. The Morgan fingerprint density at radius 3 is 0.898 bits per heavy atom. The lowest BCUT2D eigenvalue weighted by atomic mass is 9.88. The van der Waals surface area contributed by atoms with Gasteiger partial charge in [0.1, 0.15) is 11.2 Å². The van der Waals surface area contributed by atoms with E-state index in [-0.39, 0.29) is 0 Å². The second kappa shape index (κ2) is 21.4. The van der Waals surface area contributed by atoms with E-state index in [1.165, 1.54) is 11.1 Å². The largest absolute Gasteiger partial charge is 0.464 e. The number of aryl methyl sites for hydroxylation is 4. The van der Waals surface area contributed by atoms with Crippen molar-refractivity contribution in [3.63, 3.8) is 0 Å². The van der Waals surface area contributed by atoms with Crippen LogP contribution in [0.4, 0.5) is 68.2 Å². The van der Waals surface area contributed by atoms with Gasteiger partial charge in [0.2, 0.25) is 11.4 Å². The minimum absolute atomic E-state index is 0.610. The van der Waals surface area contributed by atoms with Gasteiger partial charge in [-0.1, -0.05) is 125 Å². The van der Waals surface area contributed by atoms with Crippen molar-refractivity contribution in [3.05, 3.63) is 266 Å². The molecule has 10 aromatic carbocycles. The molecule has 0 saturated carbocycles. The second-order valence-electron chi connectivity index (χ2n) is 22.3. The van der Waals surface area contributed by atoms with Crippen LogP contribution in [-0.2, 0) is 25.7 Å². The molecule has 16 aromatic rings. The number of anilines is 12. The Kier molecular flexibility index (Phi) is 12.8. The molecular formula is C78H60N6O4. The summed E-state index contributed by atoms with van der Waals surface area (Å²) < 4.78 is 24.4. The van der Waals surface area contributed by atoms with Crippen molar-refractivity contribution in [1.82, 2.24) is 9.97 Å². The number of pyridine rings is 2. The number of hydrogen-bond acceptors (Lipinski definition) is 10. The predicted octanol–water partition coefficient (Wildman–Crippen LogP) is 22.5. The average Bonchev–Trinajstić information content (AvgIpc) is 0.805. The summed E-state index contributed by atoms with van der Waals surface area (Å²) in [6.07, 6.45) is 14.1. The Hall–Kier alpha value is -11.1. The van der Waals surface area contributed by atoms with Crippen molar-refractivity contribution in [1.29, 1.82) is 0 Å². The number of furan rings is 4. The standard InChI is InChI=1S/C78H60N6O4/c1-5-53-57-37-41-85-73(57)35-33-65(53)81(49-21-13-9-14-22-49)67-45-69(83(51-25-17-11-18-26-51)71-47-79-77-59(39-43-87-77)55(71)7-3)63-31-32-64-70(84(52-27-19-12-20-28-52)72-48-80-78-60(40-44-88-78)56(72)8-4)46-68(62-30-29-61(67)75(63)76(62)64)82(50-23-15-10-16-24-50)66-34-36-74-58(38-42-86-74)54(66)6-2/h9-48H,5-8H2,1-4H3. The molecular weight excluding hydrogens is 1080 g/mol. The summed E-state index contributed by atoms with van der Waals surface area (Å²) in [4.78, 5) is 19.9. The smallest absolute Gasteiger partial charge is 0.226 e. The van der Waals surface area contributed by atoms with Gasteiger partial charge in [0.25, 0.3) is 0 Å². The van der Waals surface area contributed by atoms with E-state index >= 15 is 0 Å². The first-order valence-corrected chi connectivity index (χ1v) is 30.4. The van der Waals surface area contributed by atoms with E-state index in [4.69, 9.17) is 27.6 Å². The molecule has 6 aromatic heterocycles. The fourth-order valence-electron chi connectivity index (χ4n) is 14.0. The molecule has 0 atom stereocenters. The minimum atomic E-state index is 0.610. The zero-order chi connectivity index (χ0) is 59.0. The highest BCUT2D eigenvalue weighted by Crippen LogP contribution is 2.57. The van der Waals surface area contributed by atoms with E-state index in [1.54, 1.807) is 25.1 Å². The second-order valence-corrected chi connectivity index (χ2v) is 22.3. The number of rotatable bonds is 16. The van der Waals surface area contributed by atoms with Crippen LogP contribution < -0.4 is 19.6 Å². The molecule has 0 amide bonds. The normalized spacial score (nSPS) is 11.8. The molecule has 0 spiro atoms. The van der Waals surface area contributed by atoms with Gasteiger partial charge in [-0.15, -0.1) is 0 Å². The lowest BCUT2D eigenvalue weighted by Crippen LogP contribution is -2.18. The molecule has 10 heteroatoms. The summed E-state index contributed by atoms with van der Waals surface area (Å²) >= 11 is 0. The summed E-state index contributed by atoms with van der Waals surface area (Å²) in [6, 6.07) is 74.5. The molecule has 6 heterocycles. The topological polar surface area (TPSA) is 91.3 Å². The van der Waals surface area contributed by atoms with E-state index in [0.29, 0.717) is 11.4 Å². The summed E-state index contributed by atoms with van der Waals surface area (Å²) in [5.41, 5.74) is 19.6. The number of nitrogens with zero attached hydrogens (tertiary/aromatic N) is 6. The molecule has 0 aliphatic heterocycles. The Balaban J connectivity index is 1.12. The first kappa shape index (κ1) is 52.5. The molecule has 0 aliphatic rings. The Labute approximate surface area is 508 Å². The molecule has 0 aliphatic carbocycles. The number of fused-ring (bicyclic) bond motifs is 4. The van der Waals surface area contributed by atoms with Gasteiger partial charge in [-0.2, -0.15) is 0 Å². The number of benzene rings is 10. The summed E-state index contributed by atoms with van der Waals surface area (Å²) in [6.45, 7) is 8.92. The van der Waals surface area contributed by atoms with Gasteiger partial charge in [0.05, 0.1) is 82.9 Å². The van der Waals surface area contributed by atoms with Gasteiger partial charge < -0.3 is 37.3 Å². The highest BCUT2D eigenvalue weighted by Gasteiger charge is 2.32. The SMILES string of the molecule is CCc1c(N(c2ccccc2)c2cc(N(c3ccccc3)c3cnc4occc4c3CC)c3ccc4c(N(c5ccccc5)c5cnc6occc6c5CC)cc(N(c5ccccc5)c5ccc6occc6c5CC)c5ccc2c3c54)ccc2occc12. The molecule has 0 N–H and O–H groups in total. The summed E-state index contributed by atoms with van der Waals surface area (Å²) in [7, 11) is 0. The van der Waals surface area contributed by atoms with Crippen LogP contribution in [-0.4, -0.2) is 9.97 Å². The number of hydrogen-bond donors (Lipinski definition) is 0. The van der Waals surface area contributed by atoms with E-state index in [9.17, 15) is 0 Å². The van der Waals surface area contributed by atoms with Gasteiger partial charge in [-0.3, -0.25) is 0 Å². The Bertz CT molecular complexity index is 4600. The Morgan fingerprint density at radius 2 is 0.568 bits per heavy atom. The molecule has 0 radical (unpaired) electrons. The molecule has 88 heavy (non-hydrogen) atoms. The van der Waals surface area contributed by atoms with Crippen molar-refractivity contribution in [2.75, 3.05) is 19.6 Å². The van der Waals surface area contributed by atoms with E-state index in [0.717, 1.165) is 170 Å². The summed E-state index contributed by atoms with van der Waals surface area (Å²) in [5.74, 6) is 0. The third-order valence-electron chi connectivity index (χ3n) is 17.8. The van der Waals surface area contributed by atoms with Gasteiger partial charge in [-0.25, -0.2) is 9.97 Å².